The number of aromatic carboxylic acids is 1. The van der Waals surface area contributed by atoms with Crippen LogP contribution in [0, 0.1) is 18.3 Å². The van der Waals surface area contributed by atoms with Crippen LogP contribution in [0.1, 0.15) is 21.7 Å². The average Bonchev–Trinajstić information content (AvgIpc) is 2.38. The highest BCUT2D eigenvalue weighted by Crippen LogP contribution is 2.37. The quantitative estimate of drug-likeness (QED) is 0.912. The first-order chi connectivity index (χ1) is 9.45. The predicted octanol–water partition coefficient (Wildman–Crippen LogP) is 3.93. The summed E-state index contributed by atoms with van der Waals surface area (Å²) in [5.41, 5.74) is 1.21. The number of nitriles is 1. The van der Waals surface area contributed by atoms with Gasteiger partial charge in [0.25, 0.3) is 0 Å². The third kappa shape index (κ3) is 2.46. The lowest BCUT2D eigenvalue weighted by Gasteiger charge is -2.11. The number of pyridine rings is 1. The molecule has 1 heterocycles. The number of carboxylic acid groups (broad SMARTS) is 1. The Bertz CT molecular complexity index is 731. The minimum Gasteiger partial charge on any atom is -0.477 e. The molecule has 2 aromatic rings. The number of carbonyl (C=O) groups is 1. The molecule has 0 aliphatic carbocycles. The van der Waals surface area contributed by atoms with E-state index in [1.807, 2.05) is 6.07 Å². The van der Waals surface area contributed by atoms with Gasteiger partial charge in [0.05, 0.1) is 11.3 Å². The zero-order valence-corrected chi connectivity index (χ0v) is 11.8. The third-order valence-corrected chi connectivity index (χ3v) is 3.39. The van der Waals surface area contributed by atoms with Gasteiger partial charge in [0, 0.05) is 21.2 Å². The Hall–Kier alpha value is -2.09. The highest BCUT2D eigenvalue weighted by molar-refractivity contribution is 6.39. The maximum atomic E-state index is 11.1. The number of carboxylic acids is 1. The smallest absolute Gasteiger partial charge is 0.354 e. The van der Waals surface area contributed by atoms with Crippen molar-refractivity contribution in [1.29, 1.82) is 5.26 Å². The predicted molar refractivity (Wildman–Crippen MR) is 76.1 cm³/mol. The molecule has 1 aromatic carbocycles. The summed E-state index contributed by atoms with van der Waals surface area (Å²) in [6.45, 7) is 1.57. The van der Waals surface area contributed by atoms with Gasteiger partial charge in [-0.2, -0.15) is 5.26 Å². The minimum atomic E-state index is -1.18. The van der Waals surface area contributed by atoms with E-state index in [0.29, 0.717) is 26.9 Å². The lowest BCUT2D eigenvalue weighted by molar-refractivity contribution is 0.0690. The maximum Gasteiger partial charge on any atom is 0.354 e. The van der Waals surface area contributed by atoms with Gasteiger partial charge in [-0.15, -0.1) is 0 Å². The second-order valence-electron chi connectivity index (χ2n) is 4.03. The molecule has 0 saturated carbocycles. The summed E-state index contributed by atoms with van der Waals surface area (Å²) in [6.07, 6.45) is 0. The molecule has 6 heteroatoms. The Morgan fingerprint density at radius 1 is 1.35 bits per heavy atom. The van der Waals surface area contributed by atoms with Crippen LogP contribution in [0.5, 0.6) is 0 Å². The largest absolute Gasteiger partial charge is 0.477 e. The molecule has 0 bridgehead atoms. The molecule has 4 nitrogen and oxygen atoms in total. The lowest BCUT2D eigenvalue weighted by atomic mass is 9.98. The van der Waals surface area contributed by atoms with Crippen molar-refractivity contribution in [2.75, 3.05) is 0 Å². The van der Waals surface area contributed by atoms with Gasteiger partial charge < -0.3 is 5.11 Å². The molecule has 2 rings (SSSR count). The van der Waals surface area contributed by atoms with Crippen LogP contribution in [0.3, 0.4) is 0 Å². The molecule has 0 radical (unpaired) electrons. The van der Waals surface area contributed by atoms with E-state index in [4.69, 9.17) is 28.3 Å². The number of hydrogen-bond acceptors (Lipinski definition) is 3. The lowest BCUT2D eigenvalue weighted by Crippen LogP contribution is -2.05. The van der Waals surface area contributed by atoms with Gasteiger partial charge in [0.2, 0.25) is 0 Å². The fraction of sp³-hybridized carbons (Fsp3) is 0.0714. The Morgan fingerprint density at radius 2 is 1.95 bits per heavy atom. The molecule has 0 atom stereocenters. The van der Waals surface area contributed by atoms with E-state index in [2.05, 4.69) is 4.98 Å². The first-order valence-electron chi connectivity index (χ1n) is 5.55. The van der Waals surface area contributed by atoms with E-state index in [-0.39, 0.29) is 11.3 Å². The summed E-state index contributed by atoms with van der Waals surface area (Å²) >= 11 is 12.2. The van der Waals surface area contributed by atoms with Crippen LogP contribution in [-0.4, -0.2) is 16.1 Å². The zero-order chi connectivity index (χ0) is 14.9. The number of aromatic nitrogens is 1. The first kappa shape index (κ1) is 14.3. The molecule has 1 aromatic heterocycles. The average molecular weight is 307 g/mol. The van der Waals surface area contributed by atoms with Crippen molar-refractivity contribution in [3.8, 4) is 17.2 Å². The molecule has 0 aliphatic rings. The molecule has 0 aliphatic heterocycles. The Labute approximate surface area is 125 Å². The highest BCUT2D eigenvalue weighted by Gasteiger charge is 2.18. The van der Waals surface area contributed by atoms with E-state index in [0.717, 1.165) is 0 Å². The van der Waals surface area contributed by atoms with Crippen molar-refractivity contribution >= 4 is 29.2 Å². The summed E-state index contributed by atoms with van der Waals surface area (Å²) in [4.78, 5) is 15.0. The van der Waals surface area contributed by atoms with Gasteiger partial charge >= 0.3 is 5.97 Å². The fourth-order valence-corrected chi connectivity index (χ4v) is 2.48. The van der Waals surface area contributed by atoms with Crippen LogP contribution in [0.25, 0.3) is 11.1 Å². The summed E-state index contributed by atoms with van der Waals surface area (Å²) in [6, 6.07) is 8.24. The van der Waals surface area contributed by atoms with Crippen molar-refractivity contribution in [1.82, 2.24) is 4.98 Å². The molecule has 0 saturated heterocycles. The first-order valence-corrected chi connectivity index (χ1v) is 6.30. The van der Waals surface area contributed by atoms with Crippen LogP contribution >= 0.6 is 23.2 Å². The Morgan fingerprint density at radius 3 is 2.45 bits per heavy atom. The van der Waals surface area contributed by atoms with Gasteiger partial charge in [0.1, 0.15) is 11.8 Å². The third-order valence-electron chi connectivity index (χ3n) is 2.76. The van der Waals surface area contributed by atoms with Gasteiger partial charge in [0.15, 0.2) is 0 Å². The topological polar surface area (TPSA) is 74.0 Å². The molecule has 0 unspecified atom stereocenters. The second-order valence-corrected chi connectivity index (χ2v) is 4.84. The zero-order valence-electron chi connectivity index (χ0n) is 10.3. The number of rotatable bonds is 2. The number of aryl methyl sites for hydroxylation is 1. The van der Waals surface area contributed by atoms with Crippen LogP contribution in [-0.2, 0) is 0 Å². The summed E-state index contributed by atoms with van der Waals surface area (Å²) in [7, 11) is 0. The van der Waals surface area contributed by atoms with Crippen LogP contribution in [0.15, 0.2) is 24.3 Å². The van der Waals surface area contributed by atoms with Gasteiger partial charge in [-0.1, -0.05) is 29.3 Å². The summed E-state index contributed by atoms with van der Waals surface area (Å²) < 4.78 is 0. The van der Waals surface area contributed by atoms with Crippen LogP contribution in [0.2, 0.25) is 10.0 Å². The van der Waals surface area contributed by atoms with Crippen LogP contribution < -0.4 is 0 Å². The van der Waals surface area contributed by atoms with Gasteiger partial charge in [-0.05, 0) is 25.1 Å². The van der Waals surface area contributed by atoms with E-state index < -0.39 is 5.97 Å². The Kier molecular flexibility index (Phi) is 3.93. The van der Waals surface area contributed by atoms with E-state index >= 15 is 0 Å². The van der Waals surface area contributed by atoms with Crippen molar-refractivity contribution in [3.05, 3.63) is 51.3 Å². The van der Waals surface area contributed by atoms with Crippen molar-refractivity contribution < 1.29 is 9.90 Å². The minimum absolute atomic E-state index is 0.160. The number of halogens is 2. The van der Waals surface area contributed by atoms with E-state index in [1.165, 1.54) is 6.07 Å². The number of benzene rings is 1. The SMILES string of the molecule is Cc1nc(C(=O)O)cc(-c2c(Cl)cccc2Cl)c1C#N. The van der Waals surface area contributed by atoms with Crippen molar-refractivity contribution in [3.63, 3.8) is 0 Å². The summed E-state index contributed by atoms with van der Waals surface area (Å²) in [5.74, 6) is -1.18. The molecule has 0 spiro atoms. The Balaban J connectivity index is 2.86. The molecular formula is C14H8Cl2N2O2. The normalized spacial score (nSPS) is 10.1. The molecule has 20 heavy (non-hydrogen) atoms. The van der Waals surface area contributed by atoms with Crippen molar-refractivity contribution in [2.24, 2.45) is 0 Å². The highest BCUT2D eigenvalue weighted by atomic mass is 35.5. The van der Waals surface area contributed by atoms with Gasteiger partial charge in [-0.25, -0.2) is 9.78 Å². The monoisotopic (exact) mass is 306 g/mol. The van der Waals surface area contributed by atoms with E-state index in [1.54, 1.807) is 25.1 Å². The van der Waals surface area contributed by atoms with Crippen molar-refractivity contribution in [2.45, 2.75) is 6.92 Å². The fourth-order valence-electron chi connectivity index (χ4n) is 1.88. The molecule has 0 fully saturated rings. The molecule has 1 N–H and O–H groups in total. The second kappa shape index (κ2) is 5.49. The van der Waals surface area contributed by atoms with Gasteiger partial charge in [-0.3, -0.25) is 0 Å². The van der Waals surface area contributed by atoms with Crippen LogP contribution in [0.4, 0.5) is 0 Å². The standard InChI is InChI=1S/C14H8Cl2N2O2/c1-7-9(6-17)8(5-12(18-7)14(19)20)13-10(15)3-2-4-11(13)16/h2-5H,1H3,(H,19,20). The summed E-state index contributed by atoms with van der Waals surface area (Å²) in [5, 5.41) is 19.0. The van der Waals surface area contributed by atoms with E-state index in [9.17, 15) is 10.1 Å². The molecule has 100 valence electrons. The molecule has 0 amide bonds. The molecular weight excluding hydrogens is 299 g/mol. The number of nitrogens with zero attached hydrogens (tertiary/aromatic N) is 2. The number of hydrogen-bond donors (Lipinski definition) is 1. The maximum absolute atomic E-state index is 11.1.